The zero-order valence-electron chi connectivity index (χ0n) is 18.6. The van der Waals surface area contributed by atoms with Gasteiger partial charge in [-0.25, -0.2) is 0 Å². The van der Waals surface area contributed by atoms with E-state index in [0.717, 1.165) is 18.4 Å². The molecule has 0 heterocycles. The maximum absolute atomic E-state index is 11.6. The van der Waals surface area contributed by atoms with Gasteiger partial charge in [-0.15, -0.1) is 0 Å². The summed E-state index contributed by atoms with van der Waals surface area (Å²) in [6, 6.07) is 21.0. The number of aryl methyl sites for hydroxylation is 1. The Labute approximate surface area is 186 Å². The van der Waals surface area contributed by atoms with E-state index in [1.165, 1.54) is 37.7 Å². The van der Waals surface area contributed by atoms with Gasteiger partial charge in [0.05, 0.1) is 6.04 Å². The van der Waals surface area contributed by atoms with E-state index in [4.69, 9.17) is 5.73 Å². The summed E-state index contributed by atoms with van der Waals surface area (Å²) in [7, 11) is 0. The molecule has 2 aromatic carbocycles. The number of primary amides is 1. The second kappa shape index (κ2) is 14.4. The van der Waals surface area contributed by atoms with Gasteiger partial charge in [-0.1, -0.05) is 80.8 Å². The quantitative estimate of drug-likeness (QED) is 0.573. The molecule has 2 aromatic rings. The molecule has 1 aliphatic carbocycles. The number of carbonyl (C=O) groups excluding carboxylic acids is 2. The Morgan fingerprint density at radius 1 is 1.03 bits per heavy atom. The average Bonchev–Trinajstić information content (AvgIpc) is 2.82. The van der Waals surface area contributed by atoms with E-state index in [1.54, 1.807) is 0 Å². The van der Waals surface area contributed by atoms with Crippen LogP contribution >= 0.6 is 0 Å². The molecule has 1 atom stereocenters. The monoisotopic (exact) mass is 422 g/mol. The number of benzene rings is 2. The van der Waals surface area contributed by atoms with Crippen molar-refractivity contribution in [2.75, 3.05) is 0 Å². The van der Waals surface area contributed by atoms with E-state index in [1.807, 2.05) is 49.4 Å². The highest BCUT2D eigenvalue weighted by atomic mass is 16.2. The average molecular weight is 423 g/mol. The molecule has 167 valence electrons. The van der Waals surface area contributed by atoms with Crippen LogP contribution < -0.4 is 16.4 Å². The van der Waals surface area contributed by atoms with E-state index < -0.39 is 0 Å². The smallest absolute Gasteiger partial charge is 0.234 e. The van der Waals surface area contributed by atoms with E-state index in [-0.39, 0.29) is 17.9 Å². The molecule has 0 aromatic heterocycles. The Bertz CT molecular complexity index is 759. The van der Waals surface area contributed by atoms with Gasteiger partial charge in [0.15, 0.2) is 0 Å². The standard InChI is InChI=1S/C16H24N2O.C10H12NO/c17-16(19)15(18-14-9-5-2-6-10-14)12-11-13-7-3-1-4-8-13;1-2-10(12)11-8-9-6-4-3-5-7-9/h1,3-4,7-8,14-15,18H,2,5-6,9-12H2,(H2,17,19);4-7H,2,8H2,1H3,(H,11,12)/t15-;/m1./s1. The normalized spacial score (nSPS) is 14.7. The van der Waals surface area contributed by atoms with Crippen LogP contribution in [-0.2, 0) is 22.6 Å². The molecule has 4 N–H and O–H groups in total. The highest BCUT2D eigenvalue weighted by Crippen LogP contribution is 2.18. The highest BCUT2D eigenvalue weighted by molar-refractivity contribution is 5.79. The van der Waals surface area contributed by atoms with Gasteiger partial charge in [0.2, 0.25) is 11.8 Å². The minimum atomic E-state index is -0.221. The molecule has 0 saturated heterocycles. The molecular formula is C26H36N3O2. The van der Waals surface area contributed by atoms with E-state index >= 15 is 0 Å². The molecule has 1 fully saturated rings. The Morgan fingerprint density at radius 2 is 1.71 bits per heavy atom. The first-order chi connectivity index (χ1) is 15.1. The summed E-state index contributed by atoms with van der Waals surface area (Å²) in [5, 5.41) is 6.25. The number of hydrogen-bond donors (Lipinski definition) is 3. The predicted molar refractivity (Wildman–Crippen MR) is 125 cm³/mol. The zero-order valence-corrected chi connectivity index (χ0v) is 18.6. The van der Waals surface area contributed by atoms with Crippen LogP contribution in [0.2, 0.25) is 0 Å². The number of carbonyl (C=O) groups is 2. The molecule has 0 aliphatic heterocycles. The third-order valence-electron chi connectivity index (χ3n) is 5.55. The molecule has 1 radical (unpaired) electrons. The van der Waals surface area contributed by atoms with Gasteiger partial charge in [-0.2, -0.15) is 0 Å². The second-order valence-electron chi connectivity index (χ2n) is 8.02. The molecule has 0 bridgehead atoms. The number of amides is 2. The van der Waals surface area contributed by atoms with Crippen LogP contribution in [0.4, 0.5) is 0 Å². The zero-order chi connectivity index (χ0) is 22.3. The lowest BCUT2D eigenvalue weighted by atomic mass is 9.94. The fraction of sp³-hybridized carbons (Fsp3) is 0.462. The lowest BCUT2D eigenvalue weighted by Crippen LogP contribution is -2.47. The molecule has 5 heteroatoms. The minimum absolute atomic E-state index is 0.0860. The first kappa shape index (κ1) is 24.6. The molecular weight excluding hydrogens is 386 g/mol. The summed E-state index contributed by atoms with van der Waals surface area (Å²) < 4.78 is 0. The molecule has 5 nitrogen and oxygen atoms in total. The van der Waals surface area contributed by atoms with E-state index in [2.05, 4.69) is 28.8 Å². The fourth-order valence-electron chi connectivity index (χ4n) is 3.68. The van der Waals surface area contributed by atoms with Crippen molar-refractivity contribution in [3.63, 3.8) is 0 Å². The van der Waals surface area contributed by atoms with Crippen molar-refractivity contribution >= 4 is 11.8 Å². The van der Waals surface area contributed by atoms with Crippen LogP contribution in [0.15, 0.2) is 54.6 Å². The largest absolute Gasteiger partial charge is 0.368 e. The lowest BCUT2D eigenvalue weighted by Gasteiger charge is -2.27. The Hall–Kier alpha value is -2.66. The molecule has 0 unspecified atom stereocenters. The second-order valence-corrected chi connectivity index (χ2v) is 8.02. The maximum atomic E-state index is 11.6. The van der Waals surface area contributed by atoms with Crippen molar-refractivity contribution in [3.8, 4) is 0 Å². The summed E-state index contributed by atoms with van der Waals surface area (Å²) in [6.07, 6.45) is 8.43. The van der Waals surface area contributed by atoms with Crippen LogP contribution in [0.1, 0.15) is 63.0 Å². The van der Waals surface area contributed by atoms with Gasteiger partial charge in [0.1, 0.15) is 0 Å². The van der Waals surface area contributed by atoms with Crippen LogP contribution in [0.5, 0.6) is 0 Å². The van der Waals surface area contributed by atoms with Gasteiger partial charge in [0, 0.05) is 19.0 Å². The fourth-order valence-corrected chi connectivity index (χ4v) is 3.68. The summed E-state index contributed by atoms with van der Waals surface area (Å²) >= 11 is 0. The van der Waals surface area contributed by atoms with Crippen LogP contribution in [0.25, 0.3) is 0 Å². The number of nitrogens with one attached hydrogen (secondary N) is 2. The van der Waals surface area contributed by atoms with Crippen LogP contribution in [0, 0.1) is 6.07 Å². The Kier molecular flexibility index (Phi) is 11.4. The molecule has 1 aliphatic rings. The molecule has 2 amide bonds. The molecule has 3 rings (SSSR count). The van der Waals surface area contributed by atoms with E-state index in [9.17, 15) is 9.59 Å². The first-order valence-electron chi connectivity index (χ1n) is 11.4. The summed E-state index contributed by atoms with van der Waals surface area (Å²) in [5.41, 5.74) is 7.89. The Morgan fingerprint density at radius 3 is 2.32 bits per heavy atom. The Balaban J connectivity index is 0.000000245. The first-order valence-corrected chi connectivity index (χ1v) is 11.4. The van der Waals surface area contributed by atoms with E-state index in [0.29, 0.717) is 19.0 Å². The SMILES string of the molecule is CCC(=O)NCc1cc[c]cc1.NC(=O)[C@@H](CCc1ccccc1)NC1CCCCC1. The maximum Gasteiger partial charge on any atom is 0.234 e. The minimum Gasteiger partial charge on any atom is -0.368 e. The van der Waals surface area contributed by atoms with Gasteiger partial charge >= 0.3 is 0 Å². The molecule has 0 spiro atoms. The summed E-state index contributed by atoms with van der Waals surface area (Å²) in [4.78, 5) is 22.4. The van der Waals surface area contributed by atoms with Crippen molar-refractivity contribution < 1.29 is 9.59 Å². The van der Waals surface area contributed by atoms with Crippen LogP contribution in [-0.4, -0.2) is 23.9 Å². The van der Waals surface area contributed by atoms with Gasteiger partial charge in [-0.05, 0) is 42.9 Å². The number of nitrogens with two attached hydrogens (primary N) is 1. The third-order valence-corrected chi connectivity index (χ3v) is 5.55. The lowest BCUT2D eigenvalue weighted by molar-refractivity contribution is -0.121. The van der Waals surface area contributed by atoms with Gasteiger partial charge in [0.25, 0.3) is 0 Å². The van der Waals surface area contributed by atoms with Gasteiger partial charge < -0.3 is 16.4 Å². The van der Waals surface area contributed by atoms with Gasteiger partial charge in [-0.3, -0.25) is 9.59 Å². The summed E-state index contributed by atoms with van der Waals surface area (Å²) in [5.74, 6) is -0.135. The van der Waals surface area contributed by atoms with Crippen molar-refractivity contribution in [2.24, 2.45) is 5.73 Å². The molecule has 31 heavy (non-hydrogen) atoms. The van der Waals surface area contributed by atoms with Crippen molar-refractivity contribution in [1.82, 2.24) is 10.6 Å². The van der Waals surface area contributed by atoms with Crippen molar-refractivity contribution in [2.45, 2.75) is 76.9 Å². The third kappa shape index (κ3) is 10.3. The topological polar surface area (TPSA) is 84.2 Å². The number of rotatable bonds is 9. The van der Waals surface area contributed by atoms with Crippen LogP contribution in [0.3, 0.4) is 0 Å². The predicted octanol–water partition coefficient (Wildman–Crippen LogP) is 3.91. The molecule has 1 saturated carbocycles. The highest BCUT2D eigenvalue weighted by Gasteiger charge is 2.21. The van der Waals surface area contributed by atoms with Crippen molar-refractivity contribution in [1.29, 1.82) is 0 Å². The number of hydrogen-bond acceptors (Lipinski definition) is 3. The summed E-state index contributed by atoms with van der Waals surface area (Å²) in [6.45, 7) is 2.45. The van der Waals surface area contributed by atoms with Crippen molar-refractivity contribution in [3.05, 3.63) is 71.8 Å².